The molecule has 2 rings (SSSR count). The Bertz CT molecular complexity index is 207. The van der Waals surface area contributed by atoms with E-state index in [2.05, 4.69) is 5.32 Å². The molecule has 2 aliphatic rings. The molecule has 0 aromatic rings. The highest BCUT2D eigenvalue weighted by Gasteiger charge is 2.53. The van der Waals surface area contributed by atoms with Gasteiger partial charge in [0, 0.05) is 19.0 Å². The predicted molar refractivity (Wildman–Crippen MR) is 46.3 cm³/mol. The zero-order valence-corrected chi connectivity index (χ0v) is 7.84. The van der Waals surface area contributed by atoms with Crippen LogP contribution in [0.4, 0.5) is 0 Å². The van der Waals surface area contributed by atoms with Gasteiger partial charge in [-0.05, 0) is 12.8 Å². The van der Waals surface area contributed by atoms with Crippen LogP contribution in [-0.2, 0) is 14.3 Å². The summed E-state index contributed by atoms with van der Waals surface area (Å²) in [6.07, 6.45) is 2.16. The number of hydrogen-bond acceptors (Lipinski definition) is 4. The molecule has 4 heteroatoms. The third-order valence-electron chi connectivity index (χ3n) is 2.79. The van der Waals surface area contributed by atoms with Crippen molar-refractivity contribution < 1.29 is 14.3 Å². The Balaban J connectivity index is 2.13. The summed E-state index contributed by atoms with van der Waals surface area (Å²) >= 11 is 0. The van der Waals surface area contributed by atoms with Crippen LogP contribution in [0.2, 0.25) is 0 Å². The summed E-state index contributed by atoms with van der Waals surface area (Å²) in [5.41, 5.74) is -0.674. The zero-order chi connectivity index (χ0) is 9.31. The van der Waals surface area contributed by atoms with E-state index in [1.807, 2.05) is 0 Å². The summed E-state index contributed by atoms with van der Waals surface area (Å²) in [4.78, 5) is 11.6. The lowest BCUT2D eigenvalue weighted by Crippen LogP contribution is -2.57. The van der Waals surface area contributed by atoms with Gasteiger partial charge >= 0.3 is 5.97 Å². The Labute approximate surface area is 77.6 Å². The smallest absolute Gasteiger partial charge is 0.339 e. The molecule has 1 N–H and O–H groups in total. The quantitative estimate of drug-likeness (QED) is 0.612. The average molecular weight is 185 g/mol. The van der Waals surface area contributed by atoms with Crippen LogP contribution in [-0.4, -0.2) is 38.4 Å². The molecule has 0 bridgehead atoms. The van der Waals surface area contributed by atoms with Crippen molar-refractivity contribution in [3.63, 3.8) is 0 Å². The fourth-order valence-electron chi connectivity index (χ4n) is 1.91. The zero-order valence-electron chi connectivity index (χ0n) is 7.84. The molecule has 0 aromatic carbocycles. The minimum absolute atomic E-state index is 0.220. The van der Waals surface area contributed by atoms with Crippen molar-refractivity contribution in [3.05, 3.63) is 0 Å². The Morgan fingerprint density at radius 3 is 2.85 bits per heavy atom. The van der Waals surface area contributed by atoms with Gasteiger partial charge in [0.15, 0.2) is 5.60 Å². The molecule has 0 spiro atoms. The number of esters is 1. The molecule has 1 aliphatic carbocycles. The maximum Gasteiger partial charge on any atom is 0.339 e. The fraction of sp³-hybridized carbons (Fsp3) is 0.889. The minimum Gasteiger partial charge on any atom is -0.467 e. The second-order valence-electron chi connectivity index (χ2n) is 3.68. The van der Waals surface area contributed by atoms with Gasteiger partial charge in [-0.25, -0.2) is 4.79 Å². The summed E-state index contributed by atoms with van der Waals surface area (Å²) in [7, 11) is 1.42. The van der Waals surface area contributed by atoms with E-state index in [1.54, 1.807) is 0 Å². The van der Waals surface area contributed by atoms with Crippen molar-refractivity contribution in [1.29, 1.82) is 0 Å². The second kappa shape index (κ2) is 3.27. The van der Waals surface area contributed by atoms with Crippen molar-refractivity contribution in [2.45, 2.75) is 18.4 Å². The van der Waals surface area contributed by atoms with E-state index >= 15 is 0 Å². The Hall–Kier alpha value is -0.610. The molecule has 2 fully saturated rings. The largest absolute Gasteiger partial charge is 0.467 e. The third kappa shape index (κ3) is 1.44. The van der Waals surface area contributed by atoms with E-state index in [0.29, 0.717) is 19.1 Å². The first kappa shape index (κ1) is 8.97. The summed E-state index contributed by atoms with van der Waals surface area (Å²) < 4.78 is 10.4. The van der Waals surface area contributed by atoms with E-state index in [1.165, 1.54) is 7.11 Å². The topological polar surface area (TPSA) is 47.6 Å². The van der Waals surface area contributed by atoms with Gasteiger partial charge in [0.25, 0.3) is 0 Å². The molecule has 4 nitrogen and oxygen atoms in total. The standard InChI is InChI=1S/C9H15NO3/c1-12-8(11)9(7-2-3-7)6-10-4-5-13-9/h7,10H,2-6H2,1H3. The molecular weight excluding hydrogens is 170 g/mol. The molecule has 0 aromatic heterocycles. The highest BCUT2D eigenvalue weighted by molar-refractivity contribution is 5.81. The monoisotopic (exact) mass is 185 g/mol. The van der Waals surface area contributed by atoms with Crippen molar-refractivity contribution in [1.82, 2.24) is 5.32 Å². The number of morpholine rings is 1. The molecule has 1 saturated carbocycles. The molecule has 74 valence electrons. The third-order valence-corrected chi connectivity index (χ3v) is 2.79. The molecule has 1 aliphatic heterocycles. The van der Waals surface area contributed by atoms with Gasteiger partial charge in [0.2, 0.25) is 0 Å². The normalized spacial score (nSPS) is 34.2. The molecule has 13 heavy (non-hydrogen) atoms. The molecule has 1 saturated heterocycles. The van der Waals surface area contributed by atoms with Crippen LogP contribution in [0.3, 0.4) is 0 Å². The van der Waals surface area contributed by atoms with Crippen molar-refractivity contribution in [2.24, 2.45) is 5.92 Å². The second-order valence-corrected chi connectivity index (χ2v) is 3.68. The highest BCUT2D eigenvalue weighted by Crippen LogP contribution is 2.43. The van der Waals surface area contributed by atoms with Gasteiger partial charge < -0.3 is 14.8 Å². The molecule has 1 unspecified atom stereocenters. The molecule has 1 atom stereocenters. The van der Waals surface area contributed by atoms with Gasteiger partial charge in [0.1, 0.15) is 0 Å². The molecule has 0 radical (unpaired) electrons. The number of rotatable bonds is 2. The number of carbonyl (C=O) groups is 1. The van der Waals surface area contributed by atoms with Crippen molar-refractivity contribution in [3.8, 4) is 0 Å². The molecule has 1 heterocycles. The Kier molecular flexibility index (Phi) is 2.26. The highest BCUT2D eigenvalue weighted by atomic mass is 16.6. The van der Waals surface area contributed by atoms with Gasteiger partial charge in [-0.2, -0.15) is 0 Å². The maximum atomic E-state index is 11.6. The van der Waals surface area contributed by atoms with E-state index in [4.69, 9.17) is 9.47 Å². The number of methoxy groups -OCH3 is 1. The van der Waals surface area contributed by atoms with E-state index < -0.39 is 5.60 Å². The minimum atomic E-state index is -0.674. The van der Waals surface area contributed by atoms with Crippen LogP contribution < -0.4 is 5.32 Å². The number of carbonyl (C=O) groups excluding carboxylic acids is 1. The van der Waals surface area contributed by atoms with Gasteiger partial charge in [0.05, 0.1) is 13.7 Å². The SMILES string of the molecule is COC(=O)C1(C2CC2)CNCCO1. The average Bonchev–Trinajstić information content (AvgIpc) is 3.01. The number of nitrogens with one attached hydrogen (secondary N) is 1. The Morgan fingerprint density at radius 1 is 1.62 bits per heavy atom. The molecule has 0 amide bonds. The summed E-state index contributed by atoms with van der Waals surface area (Å²) in [6.45, 7) is 2.03. The summed E-state index contributed by atoms with van der Waals surface area (Å²) in [5.74, 6) is 0.148. The first-order chi connectivity index (χ1) is 6.29. The number of ether oxygens (including phenoxy) is 2. The number of hydrogen-bond donors (Lipinski definition) is 1. The first-order valence-electron chi connectivity index (χ1n) is 4.73. The first-order valence-corrected chi connectivity index (χ1v) is 4.73. The van der Waals surface area contributed by atoms with Crippen LogP contribution in [0.25, 0.3) is 0 Å². The predicted octanol–water partition coefficient (Wildman–Crippen LogP) is -0.0720. The Morgan fingerprint density at radius 2 is 2.38 bits per heavy atom. The lowest BCUT2D eigenvalue weighted by Gasteiger charge is -2.35. The van der Waals surface area contributed by atoms with E-state index in [9.17, 15) is 4.79 Å². The fourth-order valence-corrected chi connectivity index (χ4v) is 1.91. The molecular formula is C9H15NO3. The van der Waals surface area contributed by atoms with Crippen LogP contribution in [0.5, 0.6) is 0 Å². The van der Waals surface area contributed by atoms with E-state index in [-0.39, 0.29) is 5.97 Å². The maximum absolute atomic E-state index is 11.6. The summed E-state index contributed by atoms with van der Waals surface area (Å²) in [6, 6.07) is 0. The van der Waals surface area contributed by atoms with Gasteiger partial charge in [-0.15, -0.1) is 0 Å². The van der Waals surface area contributed by atoms with Crippen molar-refractivity contribution >= 4 is 5.97 Å². The van der Waals surface area contributed by atoms with Crippen LogP contribution in [0, 0.1) is 5.92 Å². The lowest BCUT2D eigenvalue weighted by molar-refractivity contribution is -0.176. The lowest BCUT2D eigenvalue weighted by atomic mass is 9.96. The summed E-state index contributed by atoms with van der Waals surface area (Å²) in [5, 5.41) is 3.19. The van der Waals surface area contributed by atoms with Crippen LogP contribution >= 0.6 is 0 Å². The van der Waals surface area contributed by atoms with Crippen LogP contribution in [0.1, 0.15) is 12.8 Å². The van der Waals surface area contributed by atoms with Crippen molar-refractivity contribution in [2.75, 3.05) is 26.8 Å². The van der Waals surface area contributed by atoms with E-state index in [0.717, 1.165) is 19.4 Å². The van der Waals surface area contributed by atoms with Gasteiger partial charge in [-0.3, -0.25) is 0 Å². The van der Waals surface area contributed by atoms with Crippen LogP contribution in [0.15, 0.2) is 0 Å². The van der Waals surface area contributed by atoms with Gasteiger partial charge in [-0.1, -0.05) is 0 Å².